The van der Waals surface area contributed by atoms with Crippen LogP contribution in [-0.4, -0.2) is 36.1 Å². The predicted molar refractivity (Wildman–Crippen MR) is 104 cm³/mol. The molecule has 2 heterocycles. The van der Waals surface area contributed by atoms with Gasteiger partial charge in [-0.25, -0.2) is 0 Å². The van der Waals surface area contributed by atoms with Crippen LogP contribution >= 0.6 is 23.1 Å². The summed E-state index contributed by atoms with van der Waals surface area (Å²) in [7, 11) is 3.19. The number of hydrogen-bond acceptors (Lipinski definition) is 8. The number of amides is 1. The van der Waals surface area contributed by atoms with Crippen LogP contribution in [0, 0.1) is 0 Å². The molecule has 1 aromatic carbocycles. The normalized spacial score (nSPS) is 11.8. The van der Waals surface area contributed by atoms with E-state index in [-0.39, 0.29) is 17.7 Å². The molecule has 0 aliphatic carbocycles. The van der Waals surface area contributed by atoms with Gasteiger partial charge in [0.15, 0.2) is 0 Å². The summed E-state index contributed by atoms with van der Waals surface area (Å²) in [5.74, 6) is 1.88. The van der Waals surface area contributed by atoms with E-state index in [2.05, 4.69) is 15.5 Å². The Morgan fingerprint density at radius 1 is 1.30 bits per heavy atom. The lowest BCUT2D eigenvalue weighted by molar-refractivity contribution is -0.119. The van der Waals surface area contributed by atoms with Gasteiger partial charge in [-0.15, -0.1) is 21.5 Å². The number of nitrogens with one attached hydrogen (secondary N) is 1. The summed E-state index contributed by atoms with van der Waals surface area (Å²) in [4.78, 5) is 13.2. The highest BCUT2D eigenvalue weighted by Crippen LogP contribution is 2.30. The van der Waals surface area contributed by atoms with Gasteiger partial charge in [-0.05, 0) is 36.6 Å². The Balaban J connectivity index is 1.58. The maximum absolute atomic E-state index is 12.3. The fourth-order valence-electron chi connectivity index (χ4n) is 2.43. The second kappa shape index (κ2) is 8.92. The Bertz CT molecular complexity index is 896. The summed E-state index contributed by atoms with van der Waals surface area (Å²) in [6, 6.07) is 9.06. The van der Waals surface area contributed by atoms with E-state index in [1.165, 1.54) is 23.1 Å². The third kappa shape index (κ3) is 4.81. The zero-order chi connectivity index (χ0) is 19.2. The molecule has 7 nitrogen and oxygen atoms in total. The number of aromatic nitrogens is 2. The number of thioether (sulfide) groups is 1. The SMILES string of the molecule is COc1ccc(OC)c([C@@H](C)NC(=O)CSc2nnc(-c3cccs3)o2)c1. The van der Waals surface area contributed by atoms with Crippen LogP contribution < -0.4 is 14.8 Å². The van der Waals surface area contributed by atoms with Crippen molar-refractivity contribution in [3.05, 3.63) is 41.3 Å². The molecule has 0 spiro atoms. The van der Waals surface area contributed by atoms with E-state index < -0.39 is 0 Å². The predicted octanol–water partition coefficient (Wildman–Crippen LogP) is 3.78. The smallest absolute Gasteiger partial charge is 0.277 e. The highest BCUT2D eigenvalue weighted by atomic mass is 32.2. The number of methoxy groups -OCH3 is 2. The van der Waals surface area contributed by atoms with Gasteiger partial charge in [-0.1, -0.05) is 17.8 Å². The lowest BCUT2D eigenvalue weighted by Gasteiger charge is -2.18. The van der Waals surface area contributed by atoms with Crippen molar-refractivity contribution < 1.29 is 18.7 Å². The van der Waals surface area contributed by atoms with Crippen LogP contribution in [0.25, 0.3) is 10.8 Å². The first-order chi connectivity index (χ1) is 13.1. The molecule has 0 saturated carbocycles. The molecule has 9 heteroatoms. The molecule has 1 atom stereocenters. The molecule has 0 aliphatic rings. The minimum atomic E-state index is -0.243. The first kappa shape index (κ1) is 19.2. The lowest BCUT2D eigenvalue weighted by Crippen LogP contribution is -2.28. The largest absolute Gasteiger partial charge is 0.497 e. The molecule has 0 radical (unpaired) electrons. The Hall–Kier alpha value is -2.52. The molecule has 0 unspecified atom stereocenters. The topological polar surface area (TPSA) is 86.5 Å². The van der Waals surface area contributed by atoms with Crippen LogP contribution in [0.5, 0.6) is 11.5 Å². The van der Waals surface area contributed by atoms with E-state index >= 15 is 0 Å². The van der Waals surface area contributed by atoms with Crippen molar-refractivity contribution in [1.82, 2.24) is 15.5 Å². The van der Waals surface area contributed by atoms with Gasteiger partial charge in [0.05, 0.1) is 30.9 Å². The second-order valence-corrected chi connectivity index (χ2v) is 7.41. The molecule has 0 bridgehead atoms. The van der Waals surface area contributed by atoms with Crippen molar-refractivity contribution in [3.63, 3.8) is 0 Å². The number of rotatable bonds is 8. The Labute approximate surface area is 165 Å². The van der Waals surface area contributed by atoms with Gasteiger partial charge in [-0.3, -0.25) is 4.79 Å². The first-order valence-electron chi connectivity index (χ1n) is 8.12. The van der Waals surface area contributed by atoms with Crippen molar-refractivity contribution in [2.75, 3.05) is 20.0 Å². The standard InChI is InChI=1S/C18H19N3O4S2/c1-11(13-9-12(23-2)6-7-14(13)24-3)19-16(22)10-27-18-21-20-17(25-18)15-5-4-8-26-15/h4-9,11H,10H2,1-3H3,(H,19,22)/t11-/m1/s1. The van der Waals surface area contributed by atoms with Gasteiger partial charge < -0.3 is 19.2 Å². The van der Waals surface area contributed by atoms with Gasteiger partial charge in [-0.2, -0.15) is 0 Å². The summed E-state index contributed by atoms with van der Waals surface area (Å²) in [5, 5.41) is 13.2. The highest BCUT2D eigenvalue weighted by Gasteiger charge is 2.17. The third-order valence-electron chi connectivity index (χ3n) is 3.75. The molecular formula is C18H19N3O4S2. The second-order valence-electron chi connectivity index (χ2n) is 5.54. The van der Waals surface area contributed by atoms with Gasteiger partial charge in [0.1, 0.15) is 11.5 Å². The first-order valence-corrected chi connectivity index (χ1v) is 9.98. The molecule has 1 amide bonds. The van der Waals surface area contributed by atoms with Crippen molar-refractivity contribution in [2.45, 2.75) is 18.2 Å². The van der Waals surface area contributed by atoms with Crippen LogP contribution in [0.4, 0.5) is 0 Å². The minimum absolute atomic E-state index is 0.145. The van der Waals surface area contributed by atoms with E-state index in [0.29, 0.717) is 22.6 Å². The van der Waals surface area contributed by atoms with E-state index in [0.717, 1.165) is 10.4 Å². The maximum atomic E-state index is 12.3. The van der Waals surface area contributed by atoms with Gasteiger partial charge in [0.25, 0.3) is 11.1 Å². The number of hydrogen-bond donors (Lipinski definition) is 1. The fraction of sp³-hybridized carbons (Fsp3) is 0.278. The maximum Gasteiger partial charge on any atom is 0.277 e. The Kier molecular flexibility index (Phi) is 6.36. The van der Waals surface area contributed by atoms with Crippen molar-refractivity contribution in [3.8, 4) is 22.3 Å². The monoisotopic (exact) mass is 405 g/mol. The van der Waals surface area contributed by atoms with Crippen LogP contribution in [-0.2, 0) is 4.79 Å². The number of thiophene rings is 1. The zero-order valence-corrected chi connectivity index (χ0v) is 16.7. The quantitative estimate of drug-likeness (QED) is 0.571. The van der Waals surface area contributed by atoms with Crippen LogP contribution in [0.1, 0.15) is 18.5 Å². The van der Waals surface area contributed by atoms with Crippen molar-refractivity contribution >= 4 is 29.0 Å². The van der Waals surface area contributed by atoms with Crippen molar-refractivity contribution in [2.24, 2.45) is 0 Å². The average molecular weight is 406 g/mol. The number of carbonyl (C=O) groups excluding carboxylic acids is 1. The molecule has 27 heavy (non-hydrogen) atoms. The summed E-state index contributed by atoms with van der Waals surface area (Å²) >= 11 is 2.72. The summed E-state index contributed by atoms with van der Waals surface area (Å²) < 4.78 is 16.2. The summed E-state index contributed by atoms with van der Waals surface area (Å²) in [5.41, 5.74) is 0.841. The third-order valence-corrected chi connectivity index (χ3v) is 5.42. The molecule has 3 rings (SSSR count). The van der Waals surface area contributed by atoms with Crippen LogP contribution in [0.15, 0.2) is 45.4 Å². The number of ether oxygens (including phenoxy) is 2. The molecule has 0 aliphatic heterocycles. The molecule has 142 valence electrons. The van der Waals surface area contributed by atoms with Crippen molar-refractivity contribution in [1.29, 1.82) is 0 Å². The molecule has 2 aromatic heterocycles. The molecule has 0 fully saturated rings. The van der Waals surface area contributed by atoms with Crippen LogP contribution in [0.3, 0.4) is 0 Å². The molecular weight excluding hydrogens is 386 g/mol. The summed E-state index contributed by atoms with van der Waals surface area (Å²) in [6.07, 6.45) is 0. The number of nitrogens with zero attached hydrogens (tertiary/aromatic N) is 2. The molecule has 0 saturated heterocycles. The van der Waals surface area contributed by atoms with Gasteiger partial charge >= 0.3 is 0 Å². The van der Waals surface area contributed by atoms with Gasteiger partial charge in [0, 0.05) is 5.56 Å². The van der Waals surface area contributed by atoms with E-state index in [9.17, 15) is 4.79 Å². The molecule has 1 N–H and O–H groups in total. The van der Waals surface area contributed by atoms with Gasteiger partial charge in [0.2, 0.25) is 5.91 Å². The van der Waals surface area contributed by atoms with E-state index in [1.54, 1.807) is 14.2 Å². The fourth-order valence-corrected chi connectivity index (χ4v) is 3.65. The Morgan fingerprint density at radius 2 is 2.15 bits per heavy atom. The zero-order valence-electron chi connectivity index (χ0n) is 15.1. The van der Waals surface area contributed by atoms with E-state index in [1.807, 2.05) is 42.6 Å². The summed E-state index contributed by atoms with van der Waals surface area (Å²) in [6.45, 7) is 1.89. The van der Waals surface area contributed by atoms with Crippen LogP contribution in [0.2, 0.25) is 0 Å². The lowest BCUT2D eigenvalue weighted by atomic mass is 10.1. The minimum Gasteiger partial charge on any atom is -0.497 e. The highest BCUT2D eigenvalue weighted by molar-refractivity contribution is 7.99. The number of carbonyl (C=O) groups is 1. The number of benzene rings is 1. The Morgan fingerprint density at radius 3 is 2.85 bits per heavy atom. The average Bonchev–Trinajstić information content (AvgIpc) is 3.37. The van der Waals surface area contributed by atoms with E-state index in [4.69, 9.17) is 13.9 Å². The molecule has 3 aromatic rings.